The molecule has 0 spiro atoms. The van der Waals surface area contributed by atoms with Crippen LogP contribution >= 0.6 is 0 Å². The molecule has 0 fully saturated rings. The lowest BCUT2D eigenvalue weighted by molar-refractivity contribution is -0.142. The standard InChI is InChI=1S/C12H15F2NO3/c1-3-8(11(16)17-2)9-6-7(18-12(13)14)4-5-10(9)15/h4-6,8,12H,3,15H2,1-2H3. The topological polar surface area (TPSA) is 61.5 Å². The van der Waals surface area contributed by atoms with Crippen LogP contribution < -0.4 is 10.5 Å². The van der Waals surface area contributed by atoms with Gasteiger partial charge in [0.05, 0.1) is 13.0 Å². The van der Waals surface area contributed by atoms with E-state index in [0.717, 1.165) is 0 Å². The maximum atomic E-state index is 12.1. The molecule has 0 heterocycles. The van der Waals surface area contributed by atoms with Gasteiger partial charge in [-0.05, 0) is 30.2 Å². The fraction of sp³-hybridized carbons (Fsp3) is 0.417. The Bertz CT molecular complexity index is 424. The lowest BCUT2D eigenvalue weighted by Crippen LogP contribution is -2.15. The van der Waals surface area contributed by atoms with Gasteiger partial charge < -0.3 is 15.2 Å². The molecular weight excluding hydrogens is 244 g/mol. The number of methoxy groups -OCH3 is 1. The van der Waals surface area contributed by atoms with E-state index in [1.807, 2.05) is 0 Å². The fourth-order valence-electron chi connectivity index (χ4n) is 1.69. The van der Waals surface area contributed by atoms with Gasteiger partial charge in [-0.1, -0.05) is 6.92 Å². The number of carbonyl (C=O) groups is 1. The van der Waals surface area contributed by atoms with Crippen LogP contribution in [-0.4, -0.2) is 19.7 Å². The average molecular weight is 259 g/mol. The molecule has 0 aliphatic rings. The van der Waals surface area contributed by atoms with E-state index in [1.165, 1.54) is 25.3 Å². The third kappa shape index (κ3) is 3.32. The van der Waals surface area contributed by atoms with E-state index in [2.05, 4.69) is 9.47 Å². The van der Waals surface area contributed by atoms with Crippen molar-refractivity contribution in [1.29, 1.82) is 0 Å². The predicted molar refractivity (Wildman–Crippen MR) is 62.5 cm³/mol. The van der Waals surface area contributed by atoms with Crippen LogP contribution in [0, 0.1) is 0 Å². The Morgan fingerprint density at radius 2 is 2.11 bits per heavy atom. The smallest absolute Gasteiger partial charge is 0.387 e. The molecule has 2 N–H and O–H groups in total. The molecule has 0 aliphatic heterocycles. The Hall–Kier alpha value is -1.85. The minimum absolute atomic E-state index is 0.0310. The third-order valence-electron chi connectivity index (χ3n) is 2.55. The molecule has 0 radical (unpaired) electrons. The van der Waals surface area contributed by atoms with E-state index in [-0.39, 0.29) is 5.75 Å². The van der Waals surface area contributed by atoms with Crippen LogP contribution in [-0.2, 0) is 9.53 Å². The number of nitrogens with two attached hydrogens (primary N) is 1. The Kier molecular flexibility index (Phi) is 4.88. The number of carbonyl (C=O) groups excluding carboxylic acids is 1. The molecule has 1 aromatic carbocycles. The van der Waals surface area contributed by atoms with Crippen molar-refractivity contribution in [3.63, 3.8) is 0 Å². The number of hydrogen-bond acceptors (Lipinski definition) is 4. The summed E-state index contributed by atoms with van der Waals surface area (Å²) in [5.74, 6) is -1.08. The van der Waals surface area contributed by atoms with Crippen LogP contribution in [0.3, 0.4) is 0 Å². The lowest BCUT2D eigenvalue weighted by Gasteiger charge is -2.16. The largest absolute Gasteiger partial charge is 0.469 e. The molecule has 100 valence electrons. The first kappa shape index (κ1) is 14.2. The van der Waals surface area contributed by atoms with E-state index in [4.69, 9.17) is 5.73 Å². The molecule has 4 nitrogen and oxygen atoms in total. The molecule has 1 rings (SSSR count). The molecule has 0 aromatic heterocycles. The zero-order valence-electron chi connectivity index (χ0n) is 10.2. The van der Waals surface area contributed by atoms with Crippen LogP contribution in [0.2, 0.25) is 0 Å². The molecule has 1 atom stereocenters. The summed E-state index contributed by atoms with van der Waals surface area (Å²) in [6, 6.07) is 4.10. The van der Waals surface area contributed by atoms with Crippen molar-refractivity contribution >= 4 is 11.7 Å². The zero-order valence-corrected chi connectivity index (χ0v) is 10.2. The van der Waals surface area contributed by atoms with Crippen LogP contribution in [0.4, 0.5) is 14.5 Å². The van der Waals surface area contributed by atoms with E-state index >= 15 is 0 Å². The molecule has 18 heavy (non-hydrogen) atoms. The molecule has 0 saturated carbocycles. The minimum atomic E-state index is -2.92. The number of nitrogen functional groups attached to an aromatic ring is 1. The number of anilines is 1. The van der Waals surface area contributed by atoms with E-state index in [9.17, 15) is 13.6 Å². The van der Waals surface area contributed by atoms with E-state index in [0.29, 0.717) is 17.7 Å². The summed E-state index contributed by atoms with van der Waals surface area (Å²) >= 11 is 0. The van der Waals surface area contributed by atoms with Gasteiger partial charge in [0.1, 0.15) is 5.75 Å². The van der Waals surface area contributed by atoms with Crippen molar-refractivity contribution in [1.82, 2.24) is 0 Å². The highest BCUT2D eigenvalue weighted by atomic mass is 19.3. The summed E-state index contributed by atoms with van der Waals surface area (Å²) in [5.41, 5.74) is 6.51. The number of rotatable bonds is 5. The Morgan fingerprint density at radius 1 is 1.44 bits per heavy atom. The number of benzene rings is 1. The van der Waals surface area contributed by atoms with Crippen molar-refractivity contribution in [2.24, 2.45) is 0 Å². The quantitative estimate of drug-likeness (QED) is 0.652. The zero-order chi connectivity index (χ0) is 13.7. The third-order valence-corrected chi connectivity index (χ3v) is 2.55. The molecule has 0 aliphatic carbocycles. The van der Waals surface area contributed by atoms with Gasteiger partial charge in [-0.25, -0.2) is 0 Å². The highest BCUT2D eigenvalue weighted by Crippen LogP contribution is 2.30. The first-order valence-electron chi connectivity index (χ1n) is 5.41. The molecule has 0 bridgehead atoms. The number of ether oxygens (including phenoxy) is 2. The molecule has 6 heteroatoms. The van der Waals surface area contributed by atoms with Crippen LogP contribution in [0.25, 0.3) is 0 Å². The summed E-state index contributed by atoms with van der Waals surface area (Å²) in [7, 11) is 1.26. The Labute approximate surface area is 104 Å². The second-order valence-electron chi connectivity index (χ2n) is 3.65. The number of alkyl halides is 2. The minimum Gasteiger partial charge on any atom is -0.469 e. The normalized spacial score (nSPS) is 12.3. The summed E-state index contributed by atoms with van der Waals surface area (Å²) in [4.78, 5) is 11.6. The van der Waals surface area contributed by atoms with Crippen LogP contribution in [0.5, 0.6) is 5.75 Å². The van der Waals surface area contributed by atoms with E-state index < -0.39 is 18.5 Å². The second-order valence-corrected chi connectivity index (χ2v) is 3.65. The maximum absolute atomic E-state index is 12.1. The predicted octanol–water partition coefficient (Wildman–Crippen LogP) is 2.54. The van der Waals surface area contributed by atoms with Gasteiger partial charge in [0.15, 0.2) is 0 Å². The van der Waals surface area contributed by atoms with Crippen molar-refractivity contribution in [3.05, 3.63) is 23.8 Å². The first-order chi connectivity index (χ1) is 8.49. The van der Waals surface area contributed by atoms with Gasteiger partial charge in [-0.2, -0.15) is 8.78 Å². The Balaban J connectivity index is 3.08. The molecular formula is C12H15F2NO3. The summed E-state index contributed by atoms with van der Waals surface area (Å²) in [6.07, 6.45) is 0.453. The highest BCUT2D eigenvalue weighted by Gasteiger charge is 2.22. The number of halogens is 2. The molecule has 1 aromatic rings. The number of esters is 1. The molecule has 0 amide bonds. The monoisotopic (exact) mass is 259 g/mol. The van der Waals surface area contributed by atoms with Gasteiger partial charge in [0.2, 0.25) is 0 Å². The fourth-order valence-corrected chi connectivity index (χ4v) is 1.69. The maximum Gasteiger partial charge on any atom is 0.387 e. The van der Waals surface area contributed by atoms with Crippen LogP contribution in [0.1, 0.15) is 24.8 Å². The summed E-state index contributed by atoms with van der Waals surface area (Å²) in [6.45, 7) is -1.14. The van der Waals surface area contributed by atoms with Crippen molar-refractivity contribution in [2.45, 2.75) is 25.9 Å². The second kappa shape index (κ2) is 6.18. The van der Waals surface area contributed by atoms with Crippen molar-refractivity contribution < 1.29 is 23.0 Å². The Morgan fingerprint density at radius 3 is 2.61 bits per heavy atom. The molecule has 0 saturated heterocycles. The first-order valence-corrected chi connectivity index (χ1v) is 5.41. The van der Waals surface area contributed by atoms with Crippen molar-refractivity contribution in [2.75, 3.05) is 12.8 Å². The summed E-state index contributed by atoms with van der Waals surface area (Å²) in [5, 5.41) is 0. The highest BCUT2D eigenvalue weighted by molar-refractivity contribution is 5.80. The summed E-state index contributed by atoms with van der Waals surface area (Å²) < 4.78 is 33.2. The lowest BCUT2D eigenvalue weighted by atomic mass is 9.95. The van der Waals surface area contributed by atoms with Crippen molar-refractivity contribution in [3.8, 4) is 5.75 Å². The van der Waals surface area contributed by atoms with Gasteiger partial charge in [-0.3, -0.25) is 4.79 Å². The van der Waals surface area contributed by atoms with Gasteiger partial charge in [-0.15, -0.1) is 0 Å². The average Bonchev–Trinajstić information content (AvgIpc) is 2.33. The van der Waals surface area contributed by atoms with Gasteiger partial charge in [0.25, 0.3) is 0 Å². The van der Waals surface area contributed by atoms with Gasteiger partial charge in [0, 0.05) is 5.69 Å². The van der Waals surface area contributed by atoms with E-state index in [1.54, 1.807) is 6.92 Å². The number of hydrogen-bond donors (Lipinski definition) is 1. The SMILES string of the molecule is CCC(C(=O)OC)c1cc(OC(F)F)ccc1N. The van der Waals surface area contributed by atoms with Gasteiger partial charge >= 0.3 is 12.6 Å². The molecule has 1 unspecified atom stereocenters. The van der Waals surface area contributed by atoms with Crippen LogP contribution in [0.15, 0.2) is 18.2 Å².